The summed E-state index contributed by atoms with van der Waals surface area (Å²) in [5, 5.41) is 9.44. The van der Waals surface area contributed by atoms with Crippen LogP contribution < -0.4 is 0 Å². The standard InChI is InChI=1S/C13H23N2O2PS2/c1-10(2)16-18(19,17-11(3)4)20-13(9-14)12-7-6-8-15(12)5/h10-11H,6-8H2,1-5H3. The Morgan fingerprint density at radius 3 is 2.25 bits per heavy atom. The molecule has 4 nitrogen and oxygen atoms in total. The lowest BCUT2D eigenvalue weighted by molar-refractivity contribution is 0.186. The van der Waals surface area contributed by atoms with Gasteiger partial charge in [-0.1, -0.05) is 0 Å². The topological polar surface area (TPSA) is 45.5 Å². The molecule has 1 heterocycles. The first-order valence-electron chi connectivity index (χ1n) is 6.78. The van der Waals surface area contributed by atoms with Crippen molar-refractivity contribution in [1.29, 1.82) is 5.26 Å². The van der Waals surface area contributed by atoms with Crippen molar-refractivity contribution in [3.05, 3.63) is 10.6 Å². The van der Waals surface area contributed by atoms with Crippen molar-refractivity contribution in [2.75, 3.05) is 13.6 Å². The van der Waals surface area contributed by atoms with Crippen molar-refractivity contribution in [3.8, 4) is 6.07 Å². The van der Waals surface area contributed by atoms with E-state index in [1.54, 1.807) is 0 Å². The Balaban J connectivity index is 2.99. The second-order valence-electron chi connectivity index (χ2n) is 5.26. The zero-order chi connectivity index (χ0) is 15.3. The molecule has 0 bridgehead atoms. The largest absolute Gasteiger partial charge is 0.376 e. The molecule has 0 radical (unpaired) electrons. The SMILES string of the molecule is CC(C)OP(=S)(OC(C)C)SC(C#N)=C1CCCN1C. The average Bonchev–Trinajstić information content (AvgIpc) is 2.70. The summed E-state index contributed by atoms with van der Waals surface area (Å²) in [5.41, 5.74) is -1.48. The van der Waals surface area contributed by atoms with Gasteiger partial charge in [-0.05, 0) is 63.7 Å². The fourth-order valence-electron chi connectivity index (χ4n) is 1.93. The van der Waals surface area contributed by atoms with Crippen LogP contribution in [-0.2, 0) is 20.9 Å². The molecule has 1 aliphatic heterocycles. The maximum absolute atomic E-state index is 9.44. The highest BCUT2D eigenvalue weighted by Gasteiger charge is 2.29. The highest BCUT2D eigenvalue weighted by Crippen LogP contribution is 2.65. The van der Waals surface area contributed by atoms with Crippen LogP contribution in [-0.4, -0.2) is 30.7 Å². The lowest BCUT2D eigenvalue weighted by Gasteiger charge is -2.26. The summed E-state index contributed by atoms with van der Waals surface area (Å²) in [5.74, 6) is 0. The maximum atomic E-state index is 9.44. The lowest BCUT2D eigenvalue weighted by Crippen LogP contribution is -2.12. The van der Waals surface area contributed by atoms with Crippen LogP contribution in [0.25, 0.3) is 0 Å². The first-order chi connectivity index (χ1) is 9.27. The molecule has 0 aromatic carbocycles. The number of nitrogens with zero attached hydrogens (tertiary/aromatic N) is 2. The highest BCUT2D eigenvalue weighted by molar-refractivity contribution is 8.69. The van der Waals surface area contributed by atoms with Crippen LogP contribution in [0.1, 0.15) is 40.5 Å². The minimum atomic E-state index is -2.54. The van der Waals surface area contributed by atoms with Crippen LogP contribution in [0.4, 0.5) is 0 Å². The molecule has 114 valence electrons. The summed E-state index contributed by atoms with van der Waals surface area (Å²) >= 11 is 6.90. The van der Waals surface area contributed by atoms with E-state index in [0.29, 0.717) is 4.91 Å². The molecule has 0 saturated carbocycles. The monoisotopic (exact) mass is 334 g/mol. The predicted molar refractivity (Wildman–Crippen MR) is 88.8 cm³/mol. The summed E-state index contributed by atoms with van der Waals surface area (Å²) in [6.45, 7) is 8.73. The molecule has 1 rings (SSSR count). The van der Waals surface area contributed by atoms with Crippen molar-refractivity contribution >= 4 is 28.9 Å². The van der Waals surface area contributed by atoms with Crippen molar-refractivity contribution in [2.24, 2.45) is 0 Å². The van der Waals surface area contributed by atoms with E-state index in [1.807, 2.05) is 34.7 Å². The van der Waals surface area contributed by atoms with E-state index in [9.17, 15) is 5.26 Å². The highest BCUT2D eigenvalue weighted by atomic mass is 32.9. The Morgan fingerprint density at radius 2 is 1.90 bits per heavy atom. The zero-order valence-corrected chi connectivity index (χ0v) is 15.3. The van der Waals surface area contributed by atoms with Crippen LogP contribution in [0.2, 0.25) is 0 Å². The number of hydrogen-bond donors (Lipinski definition) is 0. The van der Waals surface area contributed by atoms with E-state index in [-0.39, 0.29) is 12.2 Å². The van der Waals surface area contributed by atoms with Gasteiger partial charge in [-0.3, -0.25) is 0 Å². The van der Waals surface area contributed by atoms with Crippen molar-refractivity contribution in [2.45, 2.75) is 52.7 Å². The van der Waals surface area contributed by atoms with Crippen molar-refractivity contribution < 1.29 is 9.05 Å². The summed E-state index contributed by atoms with van der Waals surface area (Å²) in [6, 6.07) is 2.28. The first kappa shape index (κ1) is 18.0. The molecule has 7 heteroatoms. The van der Waals surface area contributed by atoms with E-state index in [0.717, 1.165) is 25.1 Å². The first-order valence-corrected chi connectivity index (χ1v) is 10.8. The van der Waals surface area contributed by atoms with Gasteiger partial charge in [0, 0.05) is 19.3 Å². The van der Waals surface area contributed by atoms with E-state index in [1.165, 1.54) is 11.4 Å². The normalized spacial score (nSPS) is 18.8. The molecule has 1 aliphatic rings. The second kappa shape index (κ2) is 7.82. The van der Waals surface area contributed by atoms with Crippen LogP contribution in [0.5, 0.6) is 0 Å². The molecule has 0 spiro atoms. The second-order valence-corrected chi connectivity index (χ2v) is 11.3. The summed E-state index contributed by atoms with van der Waals surface area (Å²) in [6.07, 6.45) is 1.97. The molecule has 1 fully saturated rings. The van der Waals surface area contributed by atoms with Gasteiger partial charge in [0.25, 0.3) is 5.69 Å². The van der Waals surface area contributed by atoms with Gasteiger partial charge in [-0.25, -0.2) is 0 Å². The van der Waals surface area contributed by atoms with Crippen molar-refractivity contribution in [3.63, 3.8) is 0 Å². The molecule has 0 amide bonds. The molecule has 0 atom stereocenters. The third-order valence-electron chi connectivity index (χ3n) is 2.61. The Kier molecular flexibility index (Phi) is 7.03. The number of likely N-dealkylation sites (tertiary alicyclic amines) is 1. The molecule has 0 unspecified atom stereocenters. The molecule has 0 N–H and O–H groups in total. The quantitative estimate of drug-likeness (QED) is 0.534. The van der Waals surface area contributed by atoms with Gasteiger partial charge < -0.3 is 13.9 Å². The van der Waals surface area contributed by atoms with Gasteiger partial charge in [-0.2, -0.15) is 5.26 Å². The molecular formula is C13H23N2O2PS2. The number of rotatable bonds is 6. The maximum Gasteiger partial charge on any atom is 0.253 e. The Hall–Kier alpha value is -0.0500. The average molecular weight is 334 g/mol. The third-order valence-corrected chi connectivity index (χ3v) is 7.63. The van der Waals surface area contributed by atoms with Crippen LogP contribution in [0.3, 0.4) is 0 Å². The molecule has 0 aliphatic carbocycles. The van der Waals surface area contributed by atoms with E-state index < -0.39 is 5.69 Å². The Morgan fingerprint density at radius 1 is 1.35 bits per heavy atom. The van der Waals surface area contributed by atoms with E-state index in [4.69, 9.17) is 20.9 Å². The molecule has 20 heavy (non-hydrogen) atoms. The van der Waals surface area contributed by atoms with Gasteiger partial charge in [0.1, 0.15) is 11.0 Å². The fourth-order valence-corrected chi connectivity index (χ4v) is 7.83. The fraction of sp³-hybridized carbons (Fsp3) is 0.769. The van der Waals surface area contributed by atoms with Crippen molar-refractivity contribution in [1.82, 2.24) is 4.90 Å². The van der Waals surface area contributed by atoms with Gasteiger partial charge >= 0.3 is 0 Å². The Bertz CT molecular complexity index is 444. The van der Waals surface area contributed by atoms with Gasteiger partial charge in [0.2, 0.25) is 0 Å². The van der Waals surface area contributed by atoms with E-state index >= 15 is 0 Å². The molecular weight excluding hydrogens is 311 g/mol. The van der Waals surface area contributed by atoms with Gasteiger partial charge in [-0.15, -0.1) is 0 Å². The minimum absolute atomic E-state index is 0.0154. The van der Waals surface area contributed by atoms with Crippen LogP contribution >= 0.6 is 17.1 Å². The predicted octanol–water partition coefficient (Wildman–Crippen LogP) is 4.25. The van der Waals surface area contributed by atoms with Crippen LogP contribution in [0.15, 0.2) is 10.6 Å². The smallest absolute Gasteiger partial charge is 0.253 e. The zero-order valence-electron chi connectivity index (χ0n) is 12.8. The summed E-state index contributed by atoms with van der Waals surface area (Å²) in [4.78, 5) is 2.77. The number of hydrogen-bond acceptors (Lipinski definition) is 6. The summed E-state index contributed by atoms with van der Waals surface area (Å²) in [7, 11) is 2.01. The number of nitriles is 1. The lowest BCUT2D eigenvalue weighted by atomic mass is 10.3. The van der Waals surface area contributed by atoms with Crippen LogP contribution in [0, 0.1) is 11.3 Å². The van der Waals surface area contributed by atoms with Gasteiger partial charge in [0.05, 0.1) is 12.2 Å². The third kappa shape index (κ3) is 5.38. The molecule has 0 aromatic rings. The summed E-state index contributed by atoms with van der Waals surface area (Å²) < 4.78 is 11.7. The van der Waals surface area contributed by atoms with E-state index in [2.05, 4.69) is 11.0 Å². The van der Waals surface area contributed by atoms with Gasteiger partial charge in [0.15, 0.2) is 0 Å². The Labute approximate surface area is 131 Å². The minimum Gasteiger partial charge on any atom is -0.376 e. The molecule has 0 aromatic heterocycles. The number of allylic oxidation sites excluding steroid dienone is 2. The molecule has 1 saturated heterocycles.